The molecular weight excluding hydrogens is 424 g/mol. The van der Waals surface area contributed by atoms with Gasteiger partial charge >= 0.3 is 6.03 Å². The van der Waals surface area contributed by atoms with E-state index in [4.69, 9.17) is 0 Å². The molecule has 2 aliphatic heterocycles. The smallest absolute Gasteiger partial charge is 0.333 e. The molecule has 4 amide bonds. The average Bonchev–Trinajstić information content (AvgIpc) is 2.84. The van der Waals surface area contributed by atoms with Crippen molar-refractivity contribution < 1.29 is 19.3 Å². The summed E-state index contributed by atoms with van der Waals surface area (Å²) in [5.41, 5.74) is 2.05. The van der Waals surface area contributed by atoms with Gasteiger partial charge in [-0.05, 0) is 36.5 Å². The van der Waals surface area contributed by atoms with Gasteiger partial charge in [0.25, 0.3) is 17.5 Å². The number of nitrogens with zero attached hydrogens (tertiary/aromatic N) is 4. The molecule has 2 heterocycles. The zero-order chi connectivity index (χ0) is 23.7. The normalized spacial score (nSPS) is 17.6. The van der Waals surface area contributed by atoms with Crippen molar-refractivity contribution in [3.63, 3.8) is 0 Å². The van der Waals surface area contributed by atoms with Gasteiger partial charge in [-0.15, -0.1) is 0 Å². The van der Waals surface area contributed by atoms with Gasteiger partial charge in [-0.1, -0.05) is 30.3 Å². The van der Waals surface area contributed by atoms with E-state index in [0.717, 1.165) is 35.7 Å². The molecule has 0 saturated carbocycles. The van der Waals surface area contributed by atoms with Gasteiger partial charge in [0.15, 0.2) is 0 Å². The topological polar surface area (TPSA) is 104 Å². The fourth-order valence-electron chi connectivity index (χ4n) is 4.37. The van der Waals surface area contributed by atoms with Crippen LogP contribution in [0.2, 0.25) is 0 Å². The first-order chi connectivity index (χ1) is 15.8. The number of nitro benzene ring substituents is 1. The lowest BCUT2D eigenvalue weighted by Crippen LogP contribution is -2.52. The number of hydrogen-bond acceptors (Lipinski definition) is 6. The molecule has 2 saturated heterocycles. The zero-order valence-corrected chi connectivity index (χ0v) is 18.4. The fourth-order valence-corrected chi connectivity index (χ4v) is 4.37. The van der Waals surface area contributed by atoms with Gasteiger partial charge in [-0.25, -0.2) is 4.79 Å². The second-order valence-corrected chi connectivity index (χ2v) is 8.24. The molecule has 2 aliphatic rings. The quantitative estimate of drug-likeness (QED) is 0.307. The Labute approximate surface area is 191 Å². The monoisotopic (exact) mass is 448 g/mol. The third kappa shape index (κ3) is 4.21. The Morgan fingerprint density at radius 1 is 0.939 bits per heavy atom. The molecule has 170 valence electrons. The van der Waals surface area contributed by atoms with Crippen LogP contribution in [0, 0.1) is 10.1 Å². The van der Waals surface area contributed by atoms with Gasteiger partial charge in [-0.2, -0.15) is 0 Å². The third-order valence-electron chi connectivity index (χ3n) is 6.27. The number of urea groups is 1. The molecule has 0 spiro atoms. The number of anilines is 1. The molecule has 0 N–H and O–H groups in total. The fraction of sp³-hybridized carbons (Fsp3) is 0.292. The van der Waals surface area contributed by atoms with Crippen molar-refractivity contribution in [2.75, 3.05) is 32.1 Å². The van der Waals surface area contributed by atoms with Crippen LogP contribution in [0.1, 0.15) is 29.9 Å². The van der Waals surface area contributed by atoms with Crippen molar-refractivity contribution in [2.24, 2.45) is 0 Å². The molecule has 33 heavy (non-hydrogen) atoms. The predicted molar refractivity (Wildman–Crippen MR) is 123 cm³/mol. The Morgan fingerprint density at radius 3 is 2.12 bits per heavy atom. The number of likely N-dealkylation sites (N-methyl/N-ethyl adjacent to an activating group) is 2. The van der Waals surface area contributed by atoms with Gasteiger partial charge in [-0.3, -0.25) is 29.5 Å². The van der Waals surface area contributed by atoms with Crippen LogP contribution in [0.3, 0.4) is 0 Å². The summed E-state index contributed by atoms with van der Waals surface area (Å²) in [5.74, 6) is -1.04. The second-order valence-electron chi connectivity index (χ2n) is 8.24. The molecule has 9 nitrogen and oxygen atoms in total. The second kappa shape index (κ2) is 8.85. The largest absolute Gasteiger partial charge is 0.371 e. The number of amides is 4. The lowest BCUT2D eigenvalue weighted by atomic mass is 9.89. The highest BCUT2D eigenvalue weighted by Crippen LogP contribution is 2.34. The number of non-ortho nitro benzene ring substituents is 1. The summed E-state index contributed by atoms with van der Waals surface area (Å²) in [7, 11) is 2.59. The molecule has 4 rings (SSSR count). The molecule has 0 aliphatic carbocycles. The Balaban J connectivity index is 1.67. The predicted octanol–water partition coefficient (Wildman–Crippen LogP) is 3.41. The van der Waals surface area contributed by atoms with Crippen LogP contribution in [-0.2, 0) is 9.59 Å². The molecule has 2 fully saturated rings. The average molecular weight is 448 g/mol. The van der Waals surface area contributed by atoms with E-state index in [0.29, 0.717) is 17.2 Å². The van der Waals surface area contributed by atoms with Crippen molar-refractivity contribution >= 4 is 35.3 Å². The van der Waals surface area contributed by atoms with E-state index < -0.39 is 22.8 Å². The molecule has 9 heteroatoms. The van der Waals surface area contributed by atoms with Gasteiger partial charge in [0.2, 0.25) is 0 Å². The van der Waals surface area contributed by atoms with E-state index in [-0.39, 0.29) is 11.3 Å². The number of hydrogen-bond donors (Lipinski definition) is 0. The van der Waals surface area contributed by atoms with E-state index in [1.54, 1.807) is 6.07 Å². The van der Waals surface area contributed by atoms with Crippen LogP contribution in [0.5, 0.6) is 0 Å². The van der Waals surface area contributed by atoms with Crippen LogP contribution in [0.15, 0.2) is 54.1 Å². The van der Waals surface area contributed by atoms with Crippen molar-refractivity contribution in [1.29, 1.82) is 0 Å². The van der Waals surface area contributed by atoms with Crippen LogP contribution < -0.4 is 4.90 Å². The van der Waals surface area contributed by atoms with Crippen molar-refractivity contribution in [2.45, 2.75) is 18.8 Å². The standard InChI is InChI=1S/C24H24N4O5/c1-25-22(29)20(23(30)26(2)24(25)31)15-18-14-19(28(32)33)8-9-21(18)27-12-10-17(11-13-27)16-6-4-3-5-7-16/h3-9,14-15,17H,10-13H2,1-2H3. The molecule has 0 bridgehead atoms. The number of nitro groups is 1. The molecule has 0 radical (unpaired) electrons. The van der Waals surface area contributed by atoms with Crippen LogP contribution in [0.4, 0.5) is 16.2 Å². The van der Waals surface area contributed by atoms with E-state index in [2.05, 4.69) is 17.0 Å². The van der Waals surface area contributed by atoms with Gasteiger partial charge in [0.1, 0.15) is 5.57 Å². The SMILES string of the molecule is CN1C(=O)C(=Cc2cc([N+](=O)[O-])ccc2N2CCC(c3ccccc3)CC2)C(=O)N(C)C1=O. The van der Waals surface area contributed by atoms with Crippen LogP contribution >= 0.6 is 0 Å². The number of carbonyl (C=O) groups is 3. The maximum Gasteiger partial charge on any atom is 0.333 e. The number of barbiturate groups is 1. The Hall–Kier alpha value is -4.01. The lowest BCUT2D eigenvalue weighted by molar-refractivity contribution is -0.384. The Kier molecular flexibility index (Phi) is 5.95. The lowest BCUT2D eigenvalue weighted by Gasteiger charge is -2.35. The minimum Gasteiger partial charge on any atom is -0.371 e. The highest BCUT2D eigenvalue weighted by molar-refractivity contribution is 6.30. The minimum atomic E-state index is -0.733. The van der Waals surface area contributed by atoms with E-state index in [1.165, 1.54) is 37.9 Å². The summed E-state index contributed by atoms with van der Waals surface area (Å²) in [6.07, 6.45) is 3.18. The number of piperidine rings is 1. The Bertz CT molecular complexity index is 1130. The summed E-state index contributed by atoms with van der Waals surface area (Å²) in [6, 6.07) is 14.0. The third-order valence-corrected chi connectivity index (χ3v) is 6.27. The molecule has 2 aromatic carbocycles. The Morgan fingerprint density at radius 2 is 1.55 bits per heavy atom. The molecular formula is C24H24N4O5. The number of benzene rings is 2. The first-order valence-electron chi connectivity index (χ1n) is 10.7. The summed E-state index contributed by atoms with van der Waals surface area (Å²) < 4.78 is 0. The van der Waals surface area contributed by atoms with E-state index in [1.807, 2.05) is 18.2 Å². The summed E-state index contributed by atoms with van der Waals surface area (Å²) >= 11 is 0. The molecule has 0 aromatic heterocycles. The van der Waals surface area contributed by atoms with Crippen LogP contribution in [0.25, 0.3) is 6.08 Å². The van der Waals surface area contributed by atoms with Gasteiger partial charge in [0, 0.05) is 50.6 Å². The van der Waals surface area contributed by atoms with E-state index in [9.17, 15) is 24.5 Å². The maximum absolute atomic E-state index is 12.6. The maximum atomic E-state index is 12.6. The van der Waals surface area contributed by atoms with Crippen LogP contribution in [-0.4, -0.2) is 59.8 Å². The molecule has 0 atom stereocenters. The van der Waals surface area contributed by atoms with Gasteiger partial charge < -0.3 is 4.90 Å². The minimum absolute atomic E-state index is 0.140. The summed E-state index contributed by atoms with van der Waals surface area (Å²) in [5, 5.41) is 11.4. The van der Waals surface area contributed by atoms with Crippen molar-refractivity contribution in [3.8, 4) is 0 Å². The van der Waals surface area contributed by atoms with E-state index >= 15 is 0 Å². The highest BCUT2D eigenvalue weighted by Gasteiger charge is 2.38. The van der Waals surface area contributed by atoms with Gasteiger partial charge in [0.05, 0.1) is 4.92 Å². The highest BCUT2D eigenvalue weighted by atomic mass is 16.6. The number of rotatable bonds is 4. The zero-order valence-electron chi connectivity index (χ0n) is 18.4. The summed E-state index contributed by atoms with van der Waals surface area (Å²) in [4.78, 5) is 52.0. The first kappa shape index (κ1) is 22.2. The number of imide groups is 2. The first-order valence-corrected chi connectivity index (χ1v) is 10.7. The van der Waals surface area contributed by atoms with Crippen molar-refractivity contribution in [1.82, 2.24) is 9.80 Å². The van der Waals surface area contributed by atoms with Crippen molar-refractivity contribution in [3.05, 3.63) is 75.3 Å². The molecule has 2 aromatic rings. The molecule has 0 unspecified atom stereocenters. The number of carbonyl (C=O) groups excluding carboxylic acids is 3. The summed E-state index contributed by atoms with van der Waals surface area (Å²) in [6.45, 7) is 1.46.